The van der Waals surface area contributed by atoms with Gasteiger partial charge in [0.15, 0.2) is 23.0 Å². The summed E-state index contributed by atoms with van der Waals surface area (Å²) in [6, 6.07) is 12.1. The molecule has 482 valence electrons. The van der Waals surface area contributed by atoms with Crippen LogP contribution in [0, 0.1) is 0 Å². The SMILES string of the molecule is COCCCOc1cc(C(=O)N(C(C)C)[C@@H]2CC[C@H](CCN(C(=O)Cc3cnc[nH]3)C3CC3)NC2)ccc1OC.COCCCOc1cc(C(=O)N(C(C)C)[C@@H]2CC[C@H](CCNC3CC3)N(C(=O)OC(C)(C)C)C2)ccc1OC.O=C(O)C(F)(F)F. The number of carbonyl (C=O) groups excluding carboxylic acids is 4. The van der Waals surface area contributed by atoms with Gasteiger partial charge in [-0.3, -0.25) is 14.4 Å². The molecule has 24 heteroatoms. The molecule has 2 aromatic carbocycles. The largest absolute Gasteiger partial charge is 0.493 e. The Hall–Kier alpha value is -6.37. The van der Waals surface area contributed by atoms with Crippen LogP contribution in [0.4, 0.5) is 18.0 Å². The van der Waals surface area contributed by atoms with Crippen LogP contribution in [0.1, 0.15) is 152 Å². The van der Waals surface area contributed by atoms with Crippen LogP contribution < -0.4 is 29.6 Å². The van der Waals surface area contributed by atoms with Crippen LogP contribution in [0.3, 0.4) is 0 Å². The minimum absolute atomic E-state index is 0.00560. The number of rotatable bonds is 28. The Morgan fingerprint density at radius 1 is 0.721 bits per heavy atom. The van der Waals surface area contributed by atoms with Crippen LogP contribution in [0.25, 0.3) is 0 Å². The Balaban J connectivity index is 0.000000282. The second-order valence-corrected chi connectivity index (χ2v) is 23.8. The van der Waals surface area contributed by atoms with Crippen molar-refractivity contribution in [3.05, 3.63) is 65.7 Å². The van der Waals surface area contributed by atoms with Crippen LogP contribution >= 0.6 is 0 Å². The van der Waals surface area contributed by atoms with E-state index in [-0.39, 0.29) is 54.0 Å². The van der Waals surface area contributed by atoms with Gasteiger partial charge in [-0.25, -0.2) is 14.6 Å². The first-order valence-corrected chi connectivity index (χ1v) is 30.2. The lowest BCUT2D eigenvalue weighted by molar-refractivity contribution is -0.192. The molecule has 2 aliphatic heterocycles. The number of alkyl halides is 3. The number of hydrogen-bond donors (Lipinski definition) is 4. The molecule has 21 nitrogen and oxygen atoms in total. The van der Waals surface area contributed by atoms with E-state index in [9.17, 15) is 32.3 Å². The Labute approximate surface area is 505 Å². The van der Waals surface area contributed by atoms with E-state index in [1.807, 2.05) is 55.4 Å². The van der Waals surface area contributed by atoms with Crippen molar-refractivity contribution in [2.75, 3.05) is 81.0 Å². The number of carbonyl (C=O) groups is 5. The van der Waals surface area contributed by atoms with Gasteiger partial charge in [0.05, 0.1) is 46.2 Å². The highest BCUT2D eigenvalue weighted by Crippen LogP contribution is 2.34. The second kappa shape index (κ2) is 34.2. The molecule has 7 rings (SSSR count). The van der Waals surface area contributed by atoms with Gasteiger partial charge in [-0.15, -0.1) is 0 Å². The molecule has 4 atom stereocenters. The second-order valence-electron chi connectivity index (χ2n) is 23.8. The average molecular weight is 1220 g/mol. The van der Waals surface area contributed by atoms with Crippen molar-refractivity contribution in [3.8, 4) is 23.0 Å². The molecule has 3 heterocycles. The average Bonchev–Trinajstić information content (AvgIpc) is 3.04. The van der Waals surface area contributed by atoms with Crippen LogP contribution in [-0.2, 0) is 30.2 Å². The van der Waals surface area contributed by atoms with E-state index in [4.69, 9.17) is 43.1 Å². The van der Waals surface area contributed by atoms with E-state index in [1.165, 1.54) is 12.8 Å². The number of H-pyrrole nitrogens is 1. The molecule has 4 N–H and O–H groups in total. The highest BCUT2D eigenvalue weighted by atomic mass is 19.4. The Kier molecular flexibility index (Phi) is 28.0. The minimum atomic E-state index is -5.08. The predicted octanol–water partition coefficient (Wildman–Crippen LogP) is 8.93. The summed E-state index contributed by atoms with van der Waals surface area (Å²) < 4.78 is 70.5. The molecule has 4 aliphatic rings. The van der Waals surface area contributed by atoms with Crippen molar-refractivity contribution in [3.63, 3.8) is 0 Å². The highest BCUT2D eigenvalue weighted by molar-refractivity contribution is 5.96. The fourth-order valence-electron chi connectivity index (χ4n) is 10.6. The lowest BCUT2D eigenvalue weighted by atomic mass is 9.94. The summed E-state index contributed by atoms with van der Waals surface area (Å²) in [7, 11) is 6.51. The van der Waals surface area contributed by atoms with E-state index >= 15 is 0 Å². The van der Waals surface area contributed by atoms with Crippen LogP contribution in [0.2, 0.25) is 0 Å². The zero-order chi connectivity index (χ0) is 63.1. The van der Waals surface area contributed by atoms with E-state index < -0.39 is 17.7 Å². The standard InChI is InChI=1S/C30H45N5O5.C30H49N3O6.C2HF3O2/c1-21(2)35(30(37)22-6-11-27(39-4)28(16-22)40-15-5-14-38-3)26-8-7-23(32-19-26)12-13-34(25-9-10-25)29(36)17-24-18-31-20-33-24;1-21(2)33(28(34)22-9-14-26(37-7)27(19-22)38-18-8-17-36-6)25-13-12-24(15-16-31-23-10-11-23)32(20-25)29(35)39-30(3,4)5;3-2(4,5)1(6)7/h6,11,16,18,20-21,23,25-26,32H,5,7-10,12-15,17,19H2,1-4H3,(H,31,33);9,14,19,21,23-25,31H,8,10-13,15-18,20H2,1-7H3;(H,6,7)/t23-,26-;24-,25-;/m11./s1. The van der Waals surface area contributed by atoms with Crippen molar-refractivity contribution < 1.29 is 75.4 Å². The summed E-state index contributed by atoms with van der Waals surface area (Å²) in [5.74, 6) is -0.396. The summed E-state index contributed by atoms with van der Waals surface area (Å²) in [4.78, 5) is 77.7. The molecular formula is C62H95F3N8O13. The summed E-state index contributed by atoms with van der Waals surface area (Å²) >= 11 is 0. The molecule has 2 saturated heterocycles. The highest BCUT2D eigenvalue weighted by Gasteiger charge is 2.41. The van der Waals surface area contributed by atoms with Crippen molar-refractivity contribution >= 4 is 29.8 Å². The summed E-state index contributed by atoms with van der Waals surface area (Å²) in [5.41, 5.74) is 1.39. The maximum absolute atomic E-state index is 13.9. The Morgan fingerprint density at radius 2 is 1.26 bits per heavy atom. The summed E-state index contributed by atoms with van der Waals surface area (Å²) in [6.45, 7) is 18.8. The van der Waals surface area contributed by atoms with Crippen molar-refractivity contribution in [2.45, 2.75) is 192 Å². The van der Waals surface area contributed by atoms with Crippen LogP contribution in [0.5, 0.6) is 23.0 Å². The van der Waals surface area contributed by atoms with Gasteiger partial charge >= 0.3 is 18.2 Å². The van der Waals surface area contributed by atoms with E-state index in [2.05, 4.69) is 39.3 Å². The predicted molar refractivity (Wildman–Crippen MR) is 318 cm³/mol. The molecule has 86 heavy (non-hydrogen) atoms. The monoisotopic (exact) mass is 1220 g/mol. The molecule has 0 radical (unpaired) electrons. The quantitative estimate of drug-likeness (QED) is 0.0497. The normalized spacial score (nSPS) is 18.6. The molecule has 2 aliphatic carbocycles. The number of carboxylic acids is 1. The fourth-order valence-corrected chi connectivity index (χ4v) is 10.6. The number of methoxy groups -OCH3 is 4. The smallest absolute Gasteiger partial charge is 0.490 e. The number of likely N-dealkylation sites (tertiary alicyclic amines) is 1. The van der Waals surface area contributed by atoms with Gasteiger partial charge in [0, 0.05) is 125 Å². The van der Waals surface area contributed by atoms with Crippen molar-refractivity contribution in [2.24, 2.45) is 0 Å². The zero-order valence-corrected chi connectivity index (χ0v) is 52.3. The number of hydrogen-bond acceptors (Lipinski definition) is 15. The van der Waals surface area contributed by atoms with E-state index in [0.717, 1.165) is 89.5 Å². The molecular weight excluding hydrogens is 1120 g/mol. The summed E-state index contributed by atoms with van der Waals surface area (Å²) in [6.07, 6.45) is 9.76. The molecule has 0 bridgehead atoms. The van der Waals surface area contributed by atoms with Gasteiger partial charge in [0.25, 0.3) is 11.8 Å². The maximum atomic E-state index is 13.9. The van der Waals surface area contributed by atoms with Gasteiger partial charge in [0.1, 0.15) is 5.60 Å². The molecule has 0 spiro atoms. The van der Waals surface area contributed by atoms with Gasteiger partial charge in [-0.05, 0) is 156 Å². The van der Waals surface area contributed by atoms with Gasteiger partial charge < -0.3 is 73.5 Å². The number of carboxylic acid groups (broad SMARTS) is 1. The number of ether oxygens (including phenoxy) is 7. The first kappa shape index (κ1) is 70.4. The molecule has 3 aromatic rings. The number of aromatic nitrogens is 2. The molecule has 1 aromatic heterocycles. The number of piperidine rings is 2. The number of imidazole rings is 1. The van der Waals surface area contributed by atoms with Crippen molar-refractivity contribution in [1.29, 1.82) is 0 Å². The Morgan fingerprint density at radius 3 is 1.70 bits per heavy atom. The van der Waals surface area contributed by atoms with Gasteiger partial charge in [-0.2, -0.15) is 13.2 Å². The molecule has 4 amide bonds. The van der Waals surface area contributed by atoms with Crippen LogP contribution in [-0.4, -0.2) is 206 Å². The molecule has 2 saturated carbocycles. The molecule has 4 fully saturated rings. The number of benzene rings is 2. The van der Waals surface area contributed by atoms with Gasteiger partial charge in [-0.1, -0.05) is 0 Å². The number of aliphatic carboxylic acids is 1. The number of nitrogens with zero attached hydrogens (tertiary/aromatic N) is 5. The maximum Gasteiger partial charge on any atom is 0.490 e. The van der Waals surface area contributed by atoms with Gasteiger partial charge in [0.2, 0.25) is 5.91 Å². The number of halogens is 3. The third kappa shape index (κ3) is 22.7. The minimum Gasteiger partial charge on any atom is -0.493 e. The number of nitrogens with one attached hydrogen (secondary N) is 3. The fraction of sp³-hybridized carbons (Fsp3) is 0.677. The number of aromatic amines is 1. The topological polar surface area (TPSA) is 236 Å². The van der Waals surface area contributed by atoms with E-state index in [0.29, 0.717) is 91.6 Å². The first-order valence-electron chi connectivity index (χ1n) is 30.2. The third-order valence-electron chi connectivity index (χ3n) is 15.1. The third-order valence-corrected chi connectivity index (χ3v) is 15.1. The van der Waals surface area contributed by atoms with Crippen LogP contribution in [0.15, 0.2) is 48.9 Å². The first-order chi connectivity index (χ1) is 40.9. The van der Waals surface area contributed by atoms with E-state index in [1.54, 1.807) is 71.3 Å². The lowest BCUT2D eigenvalue weighted by Gasteiger charge is -2.45. The Bertz CT molecular complexity index is 2570. The summed E-state index contributed by atoms with van der Waals surface area (Å²) in [5, 5.41) is 14.4. The lowest BCUT2D eigenvalue weighted by Crippen LogP contribution is -2.57. The van der Waals surface area contributed by atoms with Crippen molar-refractivity contribution in [1.82, 2.24) is 40.2 Å². The zero-order valence-electron chi connectivity index (χ0n) is 52.3. The number of amides is 4. The molecule has 0 unspecified atom stereocenters.